The highest BCUT2D eigenvalue weighted by Crippen LogP contribution is 2.36. The van der Waals surface area contributed by atoms with Crippen molar-refractivity contribution in [3.05, 3.63) is 67.3 Å². The second kappa shape index (κ2) is 7.93. The van der Waals surface area contributed by atoms with Crippen molar-refractivity contribution in [3.8, 4) is 5.82 Å². The van der Waals surface area contributed by atoms with Crippen LogP contribution in [0.25, 0.3) is 16.7 Å². The number of hydrogen-bond donors (Lipinski definition) is 2. The molecule has 1 saturated heterocycles. The largest absolute Gasteiger partial charge is 0.477 e. The van der Waals surface area contributed by atoms with Crippen LogP contribution in [0.15, 0.2) is 35.4 Å². The van der Waals surface area contributed by atoms with Crippen LogP contribution in [0.1, 0.15) is 10.4 Å². The van der Waals surface area contributed by atoms with Crippen LogP contribution in [0.5, 0.6) is 0 Å². The summed E-state index contributed by atoms with van der Waals surface area (Å²) in [4.78, 5) is 40.7. The lowest BCUT2D eigenvalue weighted by Gasteiger charge is -2.31. The summed E-state index contributed by atoms with van der Waals surface area (Å²) >= 11 is 6.57. The summed E-state index contributed by atoms with van der Waals surface area (Å²) in [6.45, 7) is 2.14. The van der Waals surface area contributed by atoms with E-state index in [1.54, 1.807) is 4.90 Å². The number of rotatable bonds is 4. The fourth-order valence-corrected chi connectivity index (χ4v) is 3.97. The maximum Gasteiger partial charge on any atom is 0.341 e. The van der Waals surface area contributed by atoms with E-state index >= 15 is 4.39 Å². The Balaban J connectivity index is 2.09. The number of carboxylic acids is 1. The van der Waals surface area contributed by atoms with E-state index in [2.05, 4.69) is 10.3 Å². The molecular weight excluding hydrogens is 433 g/mol. The summed E-state index contributed by atoms with van der Waals surface area (Å²) in [7, 11) is 0. The topological polar surface area (TPSA) is 131 Å². The number of fused-ring (bicyclic) bond motifs is 1. The first-order valence-electron chi connectivity index (χ1n) is 9.16. The molecule has 1 aliphatic rings. The van der Waals surface area contributed by atoms with Gasteiger partial charge in [0.05, 0.1) is 32.6 Å². The number of halogens is 2. The van der Waals surface area contributed by atoms with E-state index in [4.69, 9.17) is 11.6 Å². The standard InChI is InChI=1S/C19H15ClFN5O5/c20-15-16-11(8-13(21)17(15)24-5-3-22-4-6-24)18(27)12(19(28)29)9-25(16)14-7-10(26(30)31)1-2-23-14/h1-2,7-9,22H,3-6H2,(H,28,29). The van der Waals surface area contributed by atoms with Gasteiger partial charge in [-0.3, -0.25) is 19.5 Å². The summed E-state index contributed by atoms with van der Waals surface area (Å²) < 4.78 is 16.2. The molecule has 0 radical (unpaired) electrons. The van der Waals surface area contributed by atoms with Crippen LogP contribution in [0.4, 0.5) is 15.8 Å². The number of piperazine rings is 1. The molecule has 1 fully saturated rings. The van der Waals surface area contributed by atoms with Crippen LogP contribution in [0, 0.1) is 15.9 Å². The number of nitrogens with one attached hydrogen (secondary N) is 1. The van der Waals surface area contributed by atoms with Crippen molar-refractivity contribution < 1.29 is 19.2 Å². The number of carbonyl (C=O) groups is 1. The predicted molar refractivity (Wildman–Crippen MR) is 111 cm³/mol. The predicted octanol–water partition coefficient (Wildman–Crippen LogP) is 2.19. The minimum Gasteiger partial charge on any atom is -0.477 e. The Bertz CT molecular complexity index is 1290. The van der Waals surface area contributed by atoms with Gasteiger partial charge >= 0.3 is 5.97 Å². The van der Waals surface area contributed by atoms with Gasteiger partial charge in [0.1, 0.15) is 17.2 Å². The van der Waals surface area contributed by atoms with Crippen LogP contribution in [-0.4, -0.2) is 51.7 Å². The van der Waals surface area contributed by atoms with Gasteiger partial charge in [-0.15, -0.1) is 0 Å². The highest BCUT2D eigenvalue weighted by atomic mass is 35.5. The molecule has 1 aromatic carbocycles. The van der Waals surface area contributed by atoms with Gasteiger partial charge in [-0.1, -0.05) is 11.6 Å². The third-order valence-electron chi connectivity index (χ3n) is 5.01. The third-order valence-corrected chi connectivity index (χ3v) is 5.36. The fourth-order valence-electron chi connectivity index (χ4n) is 3.57. The Kier molecular flexibility index (Phi) is 5.29. The number of aromatic nitrogens is 2. The summed E-state index contributed by atoms with van der Waals surface area (Å²) in [6.07, 6.45) is 2.16. The Morgan fingerprint density at radius 2 is 2.03 bits per heavy atom. The molecule has 0 unspecified atom stereocenters. The molecule has 0 aliphatic carbocycles. The lowest BCUT2D eigenvalue weighted by molar-refractivity contribution is -0.384. The molecule has 31 heavy (non-hydrogen) atoms. The minimum absolute atomic E-state index is 0.0135. The molecule has 12 heteroatoms. The summed E-state index contributed by atoms with van der Waals surface area (Å²) in [5.41, 5.74) is -1.78. The zero-order valence-corrected chi connectivity index (χ0v) is 16.6. The van der Waals surface area contributed by atoms with E-state index in [-0.39, 0.29) is 33.1 Å². The van der Waals surface area contributed by atoms with Crippen LogP contribution >= 0.6 is 11.6 Å². The van der Waals surface area contributed by atoms with Crippen molar-refractivity contribution >= 4 is 39.8 Å². The van der Waals surface area contributed by atoms with Crippen LogP contribution in [0.2, 0.25) is 5.02 Å². The quantitative estimate of drug-likeness (QED) is 0.459. The van der Waals surface area contributed by atoms with Crippen LogP contribution in [-0.2, 0) is 0 Å². The van der Waals surface area contributed by atoms with Crippen LogP contribution < -0.4 is 15.6 Å². The fraction of sp³-hybridized carbons (Fsp3) is 0.211. The SMILES string of the molecule is O=C(O)c1cn(-c2cc([N+](=O)[O-])ccn2)c2c(Cl)c(N3CCNCC3)c(F)cc2c1=O. The molecule has 1 aliphatic heterocycles. The van der Waals surface area contributed by atoms with Crippen molar-refractivity contribution in [2.45, 2.75) is 0 Å². The van der Waals surface area contributed by atoms with Gasteiger partial charge in [0, 0.05) is 44.6 Å². The van der Waals surface area contributed by atoms with Gasteiger partial charge in [0.2, 0.25) is 5.43 Å². The summed E-state index contributed by atoms with van der Waals surface area (Å²) in [5.74, 6) is -2.34. The van der Waals surface area contributed by atoms with E-state index in [1.807, 2.05) is 0 Å². The van der Waals surface area contributed by atoms with E-state index in [0.717, 1.165) is 18.3 Å². The van der Waals surface area contributed by atoms with Gasteiger partial charge in [-0.25, -0.2) is 14.2 Å². The number of aromatic carboxylic acids is 1. The normalized spacial score (nSPS) is 14.1. The van der Waals surface area contributed by atoms with Crippen molar-refractivity contribution in [2.24, 2.45) is 0 Å². The lowest BCUT2D eigenvalue weighted by Crippen LogP contribution is -2.44. The molecule has 3 heterocycles. The maximum atomic E-state index is 15.0. The molecule has 4 rings (SSSR count). The average Bonchev–Trinajstić information content (AvgIpc) is 2.75. The average molecular weight is 448 g/mol. The highest BCUT2D eigenvalue weighted by Gasteiger charge is 2.25. The van der Waals surface area contributed by atoms with Gasteiger partial charge in [0.15, 0.2) is 0 Å². The highest BCUT2D eigenvalue weighted by molar-refractivity contribution is 6.38. The smallest absolute Gasteiger partial charge is 0.341 e. The molecule has 2 aromatic heterocycles. The molecular formula is C19H15ClFN5O5. The van der Waals surface area contributed by atoms with Crippen molar-refractivity contribution in [3.63, 3.8) is 0 Å². The maximum absolute atomic E-state index is 15.0. The molecule has 2 N–H and O–H groups in total. The van der Waals surface area contributed by atoms with Gasteiger partial charge in [-0.2, -0.15) is 0 Å². The first kappa shape index (κ1) is 20.7. The summed E-state index contributed by atoms with van der Waals surface area (Å²) in [5, 5.41) is 23.4. The van der Waals surface area contributed by atoms with Crippen molar-refractivity contribution in [1.29, 1.82) is 0 Å². The number of hydrogen-bond acceptors (Lipinski definition) is 7. The summed E-state index contributed by atoms with van der Waals surface area (Å²) in [6, 6.07) is 3.22. The Morgan fingerprint density at radius 3 is 2.68 bits per heavy atom. The molecule has 160 valence electrons. The Labute approximate surface area is 178 Å². The number of nitrogens with zero attached hydrogens (tertiary/aromatic N) is 4. The number of benzene rings is 1. The molecule has 10 nitrogen and oxygen atoms in total. The molecule has 3 aromatic rings. The Hall–Kier alpha value is -3.57. The Morgan fingerprint density at radius 1 is 1.32 bits per heavy atom. The lowest BCUT2D eigenvalue weighted by atomic mass is 10.1. The van der Waals surface area contributed by atoms with Crippen molar-refractivity contribution in [1.82, 2.24) is 14.9 Å². The van der Waals surface area contributed by atoms with Gasteiger partial charge in [-0.05, 0) is 6.07 Å². The van der Waals surface area contributed by atoms with E-state index in [0.29, 0.717) is 26.2 Å². The molecule has 0 saturated carbocycles. The van der Waals surface area contributed by atoms with E-state index in [1.165, 1.54) is 16.8 Å². The number of pyridine rings is 2. The molecule has 0 bridgehead atoms. The number of nitro groups is 1. The van der Waals surface area contributed by atoms with E-state index < -0.39 is 27.7 Å². The molecule has 0 atom stereocenters. The van der Waals surface area contributed by atoms with Crippen LogP contribution in [0.3, 0.4) is 0 Å². The molecule has 0 spiro atoms. The molecule has 0 amide bonds. The zero-order chi connectivity index (χ0) is 22.3. The third kappa shape index (κ3) is 3.57. The number of anilines is 1. The number of carboxylic acid groups (broad SMARTS) is 1. The minimum atomic E-state index is -1.53. The van der Waals surface area contributed by atoms with Gasteiger partial charge in [0.25, 0.3) is 5.69 Å². The second-order valence-corrected chi connectivity index (χ2v) is 7.21. The second-order valence-electron chi connectivity index (χ2n) is 6.83. The van der Waals surface area contributed by atoms with E-state index in [9.17, 15) is 24.8 Å². The van der Waals surface area contributed by atoms with Gasteiger partial charge < -0.3 is 15.3 Å². The first-order chi connectivity index (χ1) is 14.8. The van der Waals surface area contributed by atoms with Crippen molar-refractivity contribution in [2.75, 3.05) is 31.1 Å². The first-order valence-corrected chi connectivity index (χ1v) is 9.54. The zero-order valence-electron chi connectivity index (χ0n) is 15.8. The monoisotopic (exact) mass is 447 g/mol.